The third-order valence-corrected chi connectivity index (χ3v) is 6.93. The maximum atomic E-state index is 13.3. The summed E-state index contributed by atoms with van der Waals surface area (Å²) in [5.74, 6) is 0.781. The zero-order valence-electron chi connectivity index (χ0n) is 16.4. The Morgan fingerprint density at radius 2 is 1.80 bits per heavy atom. The highest BCUT2D eigenvalue weighted by Crippen LogP contribution is 2.36. The van der Waals surface area contributed by atoms with Crippen molar-refractivity contribution < 1.29 is 17.8 Å². The molecular weight excluding hydrogens is 406 g/mol. The van der Waals surface area contributed by atoms with Crippen LogP contribution >= 0.6 is 0 Å². The van der Waals surface area contributed by atoms with Gasteiger partial charge in [-0.2, -0.15) is 4.98 Å². The molecule has 0 bridgehead atoms. The van der Waals surface area contributed by atoms with E-state index in [1.807, 2.05) is 4.90 Å². The smallest absolute Gasteiger partial charge is 0.270 e. The number of aromatic nitrogens is 1. The third-order valence-electron chi connectivity index (χ3n) is 5.26. The van der Waals surface area contributed by atoms with Gasteiger partial charge in [0.15, 0.2) is 0 Å². The number of non-ortho nitro benzene ring substituents is 1. The first-order valence-electron chi connectivity index (χ1n) is 9.67. The summed E-state index contributed by atoms with van der Waals surface area (Å²) in [6.07, 6.45) is 1.83. The van der Waals surface area contributed by atoms with E-state index in [-0.39, 0.29) is 27.4 Å². The molecule has 8 nitrogen and oxygen atoms in total. The van der Waals surface area contributed by atoms with E-state index in [2.05, 4.69) is 11.9 Å². The van der Waals surface area contributed by atoms with E-state index in [9.17, 15) is 18.5 Å². The number of nitrogens with zero attached hydrogens (tertiary/aromatic N) is 3. The van der Waals surface area contributed by atoms with Crippen LogP contribution in [-0.2, 0) is 9.84 Å². The van der Waals surface area contributed by atoms with Crippen LogP contribution in [-0.4, -0.2) is 31.4 Å². The molecule has 0 unspecified atom stereocenters. The molecule has 1 fully saturated rings. The van der Waals surface area contributed by atoms with Crippen LogP contribution in [0.5, 0.6) is 0 Å². The molecule has 0 aliphatic carbocycles. The Bertz CT molecular complexity index is 1170. The van der Waals surface area contributed by atoms with Gasteiger partial charge in [0.25, 0.3) is 5.69 Å². The Labute approximate surface area is 174 Å². The van der Waals surface area contributed by atoms with Crippen molar-refractivity contribution in [1.29, 1.82) is 0 Å². The van der Waals surface area contributed by atoms with Gasteiger partial charge in [0.05, 0.1) is 9.82 Å². The molecule has 1 aliphatic rings. The number of hydrogen-bond donors (Lipinski definition) is 0. The van der Waals surface area contributed by atoms with Gasteiger partial charge in [-0.3, -0.25) is 10.1 Å². The predicted octanol–water partition coefficient (Wildman–Crippen LogP) is 4.32. The van der Waals surface area contributed by atoms with E-state index in [1.165, 1.54) is 30.3 Å². The van der Waals surface area contributed by atoms with Crippen LogP contribution in [0.1, 0.15) is 19.8 Å². The first kappa shape index (κ1) is 20.1. The van der Waals surface area contributed by atoms with Crippen LogP contribution in [0.25, 0.3) is 11.5 Å². The van der Waals surface area contributed by atoms with Crippen LogP contribution < -0.4 is 4.90 Å². The number of rotatable bonds is 5. The number of sulfone groups is 1. The quantitative estimate of drug-likeness (QED) is 0.441. The molecule has 156 valence electrons. The van der Waals surface area contributed by atoms with Crippen LogP contribution in [0.15, 0.2) is 68.9 Å². The molecule has 1 aromatic heterocycles. The lowest BCUT2D eigenvalue weighted by atomic mass is 9.99. The fraction of sp³-hybridized carbons (Fsp3) is 0.286. The summed E-state index contributed by atoms with van der Waals surface area (Å²) in [4.78, 5) is 16.9. The van der Waals surface area contributed by atoms with Crippen molar-refractivity contribution in [3.8, 4) is 11.5 Å². The molecule has 2 heterocycles. The van der Waals surface area contributed by atoms with E-state index in [0.29, 0.717) is 24.6 Å². The lowest BCUT2D eigenvalue weighted by Gasteiger charge is -2.30. The van der Waals surface area contributed by atoms with Crippen LogP contribution in [0.4, 0.5) is 11.6 Å². The maximum absolute atomic E-state index is 13.3. The van der Waals surface area contributed by atoms with Crippen molar-refractivity contribution >= 4 is 21.4 Å². The van der Waals surface area contributed by atoms with Crippen molar-refractivity contribution in [2.24, 2.45) is 5.92 Å². The molecule has 0 spiro atoms. The standard InChI is InChI=1S/C21H21N3O5S/c1-15-10-12-23(13-11-15)21-20(30(27,28)18-8-3-2-4-9-18)22-19(29-21)16-6-5-7-17(14-16)24(25)26/h2-9,14-15H,10-13H2,1H3. The molecule has 1 aliphatic heterocycles. The second-order valence-electron chi connectivity index (χ2n) is 7.42. The van der Waals surface area contributed by atoms with Crippen LogP contribution in [0, 0.1) is 16.0 Å². The van der Waals surface area contributed by atoms with E-state index in [1.54, 1.807) is 24.3 Å². The fourth-order valence-electron chi connectivity index (χ4n) is 3.47. The van der Waals surface area contributed by atoms with Crippen LogP contribution in [0.2, 0.25) is 0 Å². The summed E-state index contributed by atoms with van der Waals surface area (Å²) in [7, 11) is -3.93. The van der Waals surface area contributed by atoms with Gasteiger partial charge < -0.3 is 9.32 Å². The zero-order chi connectivity index (χ0) is 21.3. The molecule has 4 rings (SSSR count). The first-order valence-corrected chi connectivity index (χ1v) is 11.2. The molecule has 30 heavy (non-hydrogen) atoms. The maximum Gasteiger partial charge on any atom is 0.270 e. The summed E-state index contributed by atoms with van der Waals surface area (Å²) >= 11 is 0. The second-order valence-corrected chi connectivity index (χ2v) is 9.29. The molecule has 0 amide bonds. The lowest BCUT2D eigenvalue weighted by Crippen LogP contribution is -2.33. The third kappa shape index (κ3) is 3.80. The summed E-state index contributed by atoms with van der Waals surface area (Å²) in [6, 6.07) is 13.9. The highest BCUT2D eigenvalue weighted by Gasteiger charge is 2.32. The van der Waals surface area contributed by atoms with E-state index >= 15 is 0 Å². The van der Waals surface area contributed by atoms with Gasteiger partial charge in [-0.15, -0.1) is 0 Å². The first-order chi connectivity index (χ1) is 14.4. The molecule has 0 N–H and O–H groups in total. The number of oxazole rings is 1. The van der Waals surface area contributed by atoms with Gasteiger partial charge >= 0.3 is 0 Å². The molecule has 0 atom stereocenters. The van der Waals surface area contributed by atoms with Crippen molar-refractivity contribution in [2.45, 2.75) is 29.7 Å². The number of anilines is 1. The number of piperidine rings is 1. The van der Waals surface area contributed by atoms with Crippen LogP contribution in [0.3, 0.4) is 0 Å². The largest absolute Gasteiger partial charge is 0.419 e. The minimum atomic E-state index is -3.93. The van der Waals surface area contributed by atoms with Gasteiger partial charge in [0, 0.05) is 30.8 Å². The van der Waals surface area contributed by atoms with E-state index < -0.39 is 14.8 Å². The molecule has 9 heteroatoms. The van der Waals surface area contributed by atoms with Gasteiger partial charge in [-0.1, -0.05) is 31.2 Å². The van der Waals surface area contributed by atoms with Gasteiger partial charge in [0.2, 0.25) is 26.6 Å². The summed E-state index contributed by atoms with van der Waals surface area (Å²) in [6.45, 7) is 3.47. The zero-order valence-corrected chi connectivity index (χ0v) is 17.2. The Hall–Kier alpha value is -3.20. The van der Waals surface area contributed by atoms with Crippen molar-refractivity contribution in [3.05, 3.63) is 64.7 Å². The molecule has 2 aromatic carbocycles. The molecule has 1 saturated heterocycles. The minimum Gasteiger partial charge on any atom is -0.419 e. The average molecular weight is 427 g/mol. The summed E-state index contributed by atoms with van der Waals surface area (Å²) < 4.78 is 32.6. The molecule has 0 saturated carbocycles. The topological polar surface area (TPSA) is 107 Å². The Balaban J connectivity index is 1.84. The molecule has 3 aromatic rings. The Morgan fingerprint density at radius 1 is 1.10 bits per heavy atom. The Kier molecular flexibility index (Phi) is 5.29. The van der Waals surface area contributed by atoms with E-state index in [0.717, 1.165) is 12.8 Å². The van der Waals surface area contributed by atoms with Gasteiger partial charge in [-0.25, -0.2) is 8.42 Å². The predicted molar refractivity (Wildman–Crippen MR) is 111 cm³/mol. The normalized spacial score (nSPS) is 15.3. The number of nitro groups is 1. The second kappa shape index (κ2) is 7.91. The number of hydrogen-bond acceptors (Lipinski definition) is 7. The highest BCUT2D eigenvalue weighted by molar-refractivity contribution is 7.91. The fourth-order valence-corrected chi connectivity index (χ4v) is 4.81. The Morgan fingerprint density at radius 3 is 2.47 bits per heavy atom. The van der Waals surface area contributed by atoms with E-state index in [4.69, 9.17) is 4.42 Å². The van der Waals surface area contributed by atoms with Gasteiger partial charge in [-0.05, 0) is 37.0 Å². The van der Waals surface area contributed by atoms with Gasteiger partial charge in [0.1, 0.15) is 0 Å². The lowest BCUT2D eigenvalue weighted by molar-refractivity contribution is -0.384. The summed E-state index contributed by atoms with van der Waals surface area (Å²) in [5, 5.41) is 11.0. The highest BCUT2D eigenvalue weighted by atomic mass is 32.2. The van der Waals surface area contributed by atoms with Crippen molar-refractivity contribution in [3.63, 3.8) is 0 Å². The average Bonchev–Trinajstić information content (AvgIpc) is 3.21. The number of nitro benzene ring substituents is 1. The van der Waals surface area contributed by atoms with Crippen molar-refractivity contribution in [2.75, 3.05) is 18.0 Å². The SMILES string of the molecule is CC1CCN(c2oc(-c3cccc([N+](=O)[O-])c3)nc2S(=O)(=O)c2ccccc2)CC1. The monoisotopic (exact) mass is 427 g/mol. The molecule has 0 radical (unpaired) electrons. The summed E-state index contributed by atoms with van der Waals surface area (Å²) in [5.41, 5.74) is 0.233. The number of benzene rings is 2. The van der Waals surface area contributed by atoms with Crippen molar-refractivity contribution in [1.82, 2.24) is 4.98 Å². The molecular formula is C21H21N3O5S. The minimum absolute atomic E-state index is 0.0434.